The molecule has 0 aliphatic carbocycles. The minimum Gasteiger partial charge on any atom is -0.488 e. The van der Waals surface area contributed by atoms with E-state index in [9.17, 15) is 13.6 Å². The second-order valence-electron chi connectivity index (χ2n) is 5.68. The van der Waals surface area contributed by atoms with Crippen LogP contribution in [0.2, 0.25) is 0 Å². The Balaban J connectivity index is 1.98. The lowest BCUT2D eigenvalue weighted by Crippen LogP contribution is -2.01. The molecular formula is C21H16F2O3. The van der Waals surface area contributed by atoms with Crippen LogP contribution in [0.3, 0.4) is 0 Å². The zero-order valence-corrected chi connectivity index (χ0v) is 13.7. The number of hydrogen-bond donors (Lipinski definition) is 1. The molecule has 3 nitrogen and oxygen atoms in total. The Morgan fingerprint density at radius 2 is 1.62 bits per heavy atom. The lowest BCUT2D eigenvalue weighted by atomic mass is 9.97. The highest BCUT2D eigenvalue weighted by molar-refractivity contribution is 5.89. The molecular weight excluding hydrogens is 338 g/mol. The number of carboxylic acids is 1. The van der Waals surface area contributed by atoms with Gasteiger partial charge in [-0.25, -0.2) is 13.6 Å². The summed E-state index contributed by atoms with van der Waals surface area (Å²) in [6.45, 7) is 0.301. The fourth-order valence-corrected chi connectivity index (χ4v) is 2.67. The van der Waals surface area contributed by atoms with Crippen LogP contribution in [-0.2, 0) is 6.61 Å². The van der Waals surface area contributed by atoms with E-state index in [1.165, 1.54) is 12.1 Å². The van der Waals surface area contributed by atoms with E-state index in [0.29, 0.717) is 17.9 Å². The molecule has 0 bridgehead atoms. The van der Waals surface area contributed by atoms with Crippen molar-refractivity contribution in [3.8, 4) is 16.9 Å². The number of rotatable bonds is 6. The number of hydrogen-bond acceptors (Lipinski definition) is 2. The minimum atomic E-state index is -2.80. The predicted molar refractivity (Wildman–Crippen MR) is 94.6 cm³/mol. The summed E-state index contributed by atoms with van der Waals surface area (Å²) in [5, 5.41) is 9.05. The third-order valence-corrected chi connectivity index (χ3v) is 3.95. The molecule has 0 aromatic heterocycles. The molecule has 0 amide bonds. The van der Waals surface area contributed by atoms with Crippen LogP contribution in [-0.4, -0.2) is 11.1 Å². The van der Waals surface area contributed by atoms with Crippen molar-refractivity contribution in [3.63, 3.8) is 0 Å². The van der Waals surface area contributed by atoms with E-state index in [2.05, 4.69) is 0 Å². The maximum Gasteiger partial charge on any atom is 0.335 e. The van der Waals surface area contributed by atoms with Crippen molar-refractivity contribution in [2.45, 2.75) is 13.0 Å². The van der Waals surface area contributed by atoms with E-state index in [0.717, 1.165) is 11.6 Å². The molecule has 5 heteroatoms. The maximum atomic E-state index is 13.5. The Kier molecular flexibility index (Phi) is 5.27. The number of benzene rings is 3. The van der Waals surface area contributed by atoms with Crippen molar-refractivity contribution in [2.24, 2.45) is 0 Å². The normalized spacial score (nSPS) is 10.7. The maximum absolute atomic E-state index is 13.5. The molecule has 3 rings (SSSR count). The Labute approximate surface area is 149 Å². The van der Waals surface area contributed by atoms with Crippen molar-refractivity contribution in [1.82, 2.24) is 0 Å². The number of carbonyl (C=O) groups is 1. The average Bonchev–Trinajstić information content (AvgIpc) is 2.67. The van der Waals surface area contributed by atoms with E-state index in [4.69, 9.17) is 9.84 Å². The van der Waals surface area contributed by atoms with Crippen molar-refractivity contribution < 1.29 is 23.4 Å². The Bertz CT molecular complexity index is 908. The molecule has 3 aromatic rings. The Hall–Kier alpha value is -3.21. The zero-order valence-electron chi connectivity index (χ0n) is 13.7. The van der Waals surface area contributed by atoms with Crippen LogP contribution in [0.4, 0.5) is 8.78 Å². The summed E-state index contributed by atoms with van der Waals surface area (Å²) in [7, 11) is 0. The first-order chi connectivity index (χ1) is 12.6. The average molecular weight is 354 g/mol. The Morgan fingerprint density at radius 1 is 0.923 bits per heavy atom. The van der Waals surface area contributed by atoms with Gasteiger partial charge in [0.05, 0.1) is 5.56 Å². The van der Waals surface area contributed by atoms with E-state index in [-0.39, 0.29) is 16.7 Å². The second kappa shape index (κ2) is 7.78. The summed E-state index contributed by atoms with van der Waals surface area (Å²) in [6.07, 6.45) is -2.80. The van der Waals surface area contributed by atoms with E-state index < -0.39 is 12.4 Å². The molecule has 0 radical (unpaired) electrons. The number of carboxylic acid groups (broad SMARTS) is 1. The smallest absolute Gasteiger partial charge is 0.335 e. The van der Waals surface area contributed by atoms with Gasteiger partial charge in [-0.2, -0.15) is 0 Å². The third-order valence-electron chi connectivity index (χ3n) is 3.95. The lowest BCUT2D eigenvalue weighted by molar-refractivity contribution is 0.0696. The van der Waals surface area contributed by atoms with Gasteiger partial charge in [-0.3, -0.25) is 0 Å². The molecule has 26 heavy (non-hydrogen) atoms. The van der Waals surface area contributed by atoms with Crippen LogP contribution >= 0.6 is 0 Å². The van der Waals surface area contributed by atoms with Gasteiger partial charge in [-0.15, -0.1) is 0 Å². The number of aromatic carboxylic acids is 1. The fourth-order valence-electron chi connectivity index (χ4n) is 2.67. The van der Waals surface area contributed by atoms with Crippen molar-refractivity contribution in [3.05, 3.63) is 89.5 Å². The van der Waals surface area contributed by atoms with Gasteiger partial charge in [-0.1, -0.05) is 54.6 Å². The van der Waals surface area contributed by atoms with Gasteiger partial charge >= 0.3 is 5.97 Å². The first-order valence-corrected chi connectivity index (χ1v) is 7.98. The van der Waals surface area contributed by atoms with Crippen LogP contribution in [0.5, 0.6) is 5.75 Å². The van der Waals surface area contributed by atoms with Crippen molar-refractivity contribution in [2.75, 3.05) is 0 Å². The van der Waals surface area contributed by atoms with Gasteiger partial charge < -0.3 is 9.84 Å². The SMILES string of the molecule is O=C(O)c1ccc(-c2ccccc2OCc2ccccc2)c(C(F)F)c1. The molecule has 0 aliphatic heterocycles. The molecule has 1 N–H and O–H groups in total. The first-order valence-electron chi connectivity index (χ1n) is 7.98. The highest BCUT2D eigenvalue weighted by Gasteiger charge is 2.19. The summed E-state index contributed by atoms with van der Waals surface area (Å²) in [6, 6.07) is 20.1. The van der Waals surface area contributed by atoms with Gasteiger partial charge in [0.2, 0.25) is 0 Å². The van der Waals surface area contributed by atoms with E-state index in [1.54, 1.807) is 24.3 Å². The molecule has 0 spiro atoms. The van der Waals surface area contributed by atoms with Crippen LogP contribution in [0, 0.1) is 0 Å². The number of alkyl halides is 2. The van der Waals surface area contributed by atoms with Crippen molar-refractivity contribution >= 4 is 5.97 Å². The highest BCUT2D eigenvalue weighted by Crippen LogP contribution is 2.37. The summed E-state index contributed by atoms with van der Waals surface area (Å²) < 4.78 is 32.8. The second-order valence-corrected chi connectivity index (χ2v) is 5.68. The molecule has 132 valence electrons. The summed E-state index contributed by atoms with van der Waals surface area (Å²) in [4.78, 5) is 11.1. The highest BCUT2D eigenvalue weighted by atomic mass is 19.3. The third kappa shape index (κ3) is 3.88. The van der Waals surface area contributed by atoms with Crippen LogP contribution in [0.15, 0.2) is 72.8 Å². The molecule has 0 saturated heterocycles. The summed E-state index contributed by atoms with van der Waals surface area (Å²) >= 11 is 0. The van der Waals surface area contributed by atoms with Gasteiger partial charge in [0.25, 0.3) is 6.43 Å². The van der Waals surface area contributed by atoms with Crippen LogP contribution < -0.4 is 4.74 Å². The molecule has 0 heterocycles. The van der Waals surface area contributed by atoms with E-state index >= 15 is 0 Å². The van der Waals surface area contributed by atoms with Crippen molar-refractivity contribution in [1.29, 1.82) is 0 Å². The minimum absolute atomic E-state index is 0.174. The van der Waals surface area contributed by atoms with Crippen LogP contribution in [0.1, 0.15) is 27.9 Å². The van der Waals surface area contributed by atoms with Gasteiger partial charge in [0.15, 0.2) is 0 Å². The predicted octanol–water partition coefficient (Wildman–Crippen LogP) is 5.57. The molecule has 0 unspecified atom stereocenters. The first kappa shape index (κ1) is 17.6. The molecule has 0 fully saturated rings. The van der Waals surface area contributed by atoms with E-state index in [1.807, 2.05) is 30.3 Å². The monoisotopic (exact) mass is 354 g/mol. The summed E-state index contributed by atoms with van der Waals surface area (Å²) in [5.41, 5.74) is 1.20. The summed E-state index contributed by atoms with van der Waals surface area (Å²) in [5.74, 6) is -0.784. The molecule has 0 atom stereocenters. The standard InChI is InChI=1S/C21H16F2O3/c22-20(23)18-12-15(21(24)25)10-11-16(18)17-8-4-5-9-19(17)26-13-14-6-2-1-3-7-14/h1-12,20H,13H2,(H,24,25). The Morgan fingerprint density at radius 3 is 2.31 bits per heavy atom. The topological polar surface area (TPSA) is 46.5 Å². The van der Waals surface area contributed by atoms with Gasteiger partial charge in [0, 0.05) is 11.1 Å². The lowest BCUT2D eigenvalue weighted by Gasteiger charge is -2.15. The zero-order chi connectivity index (χ0) is 18.5. The van der Waals surface area contributed by atoms with Gasteiger partial charge in [-0.05, 0) is 29.3 Å². The number of ether oxygens (including phenoxy) is 1. The fraction of sp³-hybridized carbons (Fsp3) is 0.0952. The molecule has 3 aromatic carbocycles. The molecule has 0 saturated carbocycles. The largest absolute Gasteiger partial charge is 0.488 e. The quantitative estimate of drug-likeness (QED) is 0.630. The number of para-hydroxylation sites is 1. The molecule has 0 aliphatic rings. The van der Waals surface area contributed by atoms with Crippen LogP contribution in [0.25, 0.3) is 11.1 Å². The van der Waals surface area contributed by atoms with Gasteiger partial charge in [0.1, 0.15) is 12.4 Å². The number of halogens is 2.